The third-order valence-corrected chi connectivity index (χ3v) is 10.9. The fourth-order valence-electron chi connectivity index (χ4n) is 7.49. The highest BCUT2D eigenvalue weighted by atomic mass is 32.1. The summed E-state index contributed by atoms with van der Waals surface area (Å²) in [7, 11) is 0. The van der Waals surface area contributed by atoms with E-state index < -0.39 is 0 Å². The van der Waals surface area contributed by atoms with Crippen molar-refractivity contribution in [2.24, 2.45) is 0 Å². The van der Waals surface area contributed by atoms with Gasteiger partial charge in [0.2, 0.25) is 0 Å². The Balaban J connectivity index is 1.29. The molecular weight excluding hydrogens is 585 g/mol. The van der Waals surface area contributed by atoms with E-state index in [4.69, 9.17) is 1.37 Å². The molecule has 0 atom stereocenters. The maximum atomic E-state index is 7.97. The van der Waals surface area contributed by atoms with Gasteiger partial charge in [0, 0.05) is 20.2 Å². The topological polar surface area (TPSA) is 0 Å². The van der Waals surface area contributed by atoms with Crippen LogP contribution in [0.3, 0.4) is 0 Å². The molecule has 0 spiro atoms. The first-order valence-corrected chi connectivity index (χ1v) is 17.2. The van der Waals surface area contributed by atoms with Gasteiger partial charge in [0.25, 0.3) is 0 Å². The predicted molar refractivity (Wildman–Crippen MR) is 207 cm³/mol. The number of rotatable bonds is 3. The minimum Gasteiger partial charge on any atom is -0.135 e. The molecule has 224 valence electrons. The first-order valence-electron chi connectivity index (χ1n) is 16.8. The first-order chi connectivity index (χ1) is 23.3. The molecule has 8 aromatic carbocycles. The van der Waals surface area contributed by atoms with E-state index in [-0.39, 0.29) is 5.41 Å². The molecule has 0 bridgehead atoms. The lowest BCUT2D eigenvalue weighted by atomic mass is 9.81. The van der Waals surface area contributed by atoms with Crippen LogP contribution in [0.4, 0.5) is 0 Å². The van der Waals surface area contributed by atoms with Crippen LogP contribution < -0.4 is 0 Å². The zero-order valence-electron chi connectivity index (χ0n) is 27.8. The quantitative estimate of drug-likeness (QED) is 0.173. The van der Waals surface area contributed by atoms with Gasteiger partial charge in [-0.2, -0.15) is 0 Å². The molecule has 0 aliphatic heterocycles. The van der Waals surface area contributed by atoms with Crippen LogP contribution >= 0.6 is 11.3 Å². The van der Waals surface area contributed by atoms with Crippen LogP contribution in [-0.2, 0) is 5.41 Å². The molecule has 0 aliphatic carbocycles. The summed E-state index contributed by atoms with van der Waals surface area (Å²) in [5, 5.41) is 10.0. The lowest BCUT2D eigenvalue weighted by Crippen LogP contribution is -2.11. The van der Waals surface area contributed by atoms with E-state index in [0.717, 1.165) is 10.8 Å². The van der Waals surface area contributed by atoms with Gasteiger partial charge in [-0.25, -0.2) is 0 Å². The molecule has 47 heavy (non-hydrogen) atoms. The Morgan fingerprint density at radius 2 is 1.09 bits per heavy atom. The van der Waals surface area contributed by atoms with Gasteiger partial charge >= 0.3 is 0 Å². The summed E-state index contributed by atoms with van der Waals surface area (Å²) in [6.07, 6.45) is 0. The number of benzene rings is 8. The number of thiophene rings is 1. The monoisotopic (exact) mass is 619 g/mol. The molecule has 9 aromatic rings. The minimum absolute atomic E-state index is 0.0378. The van der Waals surface area contributed by atoms with Gasteiger partial charge in [0.05, 0.1) is 1.37 Å². The SMILES string of the molecule is [2H]c1ccc2cc(-c3ccc(-c4c5ccccc5c(-c5ccc(C(C)(C)C)c6sc7ccccc7c56)c5ccccc45)cc3)ccc2c1. The van der Waals surface area contributed by atoms with E-state index in [0.29, 0.717) is 6.04 Å². The van der Waals surface area contributed by atoms with Crippen molar-refractivity contribution in [3.05, 3.63) is 157 Å². The van der Waals surface area contributed by atoms with Crippen molar-refractivity contribution in [2.45, 2.75) is 26.2 Å². The van der Waals surface area contributed by atoms with Crippen molar-refractivity contribution < 1.29 is 1.37 Å². The zero-order chi connectivity index (χ0) is 32.6. The van der Waals surface area contributed by atoms with Gasteiger partial charge in [-0.05, 0) is 88.8 Å². The first kappa shape index (κ1) is 26.9. The normalized spacial score (nSPS) is 12.4. The Hall–Kier alpha value is -5.24. The molecule has 1 aromatic heterocycles. The number of hydrogen-bond donors (Lipinski definition) is 0. The van der Waals surface area contributed by atoms with E-state index in [1.54, 1.807) is 0 Å². The average molecular weight is 620 g/mol. The average Bonchev–Trinajstić information content (AvgIpc) is 3.49. The molecule has 0 aliphatic rings. The largest absolute Gasteiger partial charge is 0.135 e. The molecule has 0 unspecified atom stereocenters. The summed E-state index contributed by atoms with van der Waals surface area (Å²) in [4.78, 5) is 0. The lowest BCUT2D eigenvalue weighted by molar-refractivity contribution is 0.597. The zero-order valence-corrected chi connectivity index (χ0v) is 27.6. The Morgan fingerprint density at radius 1 is 0.489 bits per heavy atom. The Labute approximate surface area is 281 Å². The van der Waals surface area contributed by atoms with Gasteiger partial charge in [0.1, 0.15) is 0 Å². The summed E-state index contributed by atoms with van der Waals surface area (Å²) >= 11 is 1.93. The van der Waals surface area contributed by atoms with E-state index >= 15 is 0 Å². The van der Waals surface area contributed by atoms with Crippen molar-refractivity contribution in [1.82, 2.24) is 0 Å². The number of hydrogen-bond acceptors (Lipinski definition) is 1. The van der Waals surface area contributed by atoms with Gasteiger partial charge in [-0.1, -0.05) is 160 Å². The van der Waals surface area contributed by atoms with E-state index in [9.17, 15) is 0 Å². The van der Waals surface area contributed by atoms with Crippen LogP contribution in [0.2, 0.25) is 0 Å². The third-order valence-electron chi connectivity index (χ3n) is 9.73. The summed E-state index contributed by atoms with van der Waals surface area (Å²) in [6, 6.07) is 53.5. The van der Waals surface area contributed by atoms with Gasteiger partial charge in [-0.15, -0.1) is 11.3 Å². The van der Waals surface area contributed by atoms with Gasteiger partial charge in [0.15, 0.2) is 0 Å². The van der Waals surface area contributed by atoms with Crippen LogP contribution in [0.25, 0.3) is 85.9 Å². The summed E-state index contributed by atoms with van der Waals surface area (Å²) in [5.41, 5.74) is 8.91. The van der Waals surface area contributed by atoms with Gasteiger partial charge in [-0.3, -0.25) is 0 Å². The summed E-state index contributed by atoms with van der Waals surface area (Å²) < 4.78 is 10.7. The molecule has 0 fully saturated rings. The van der Waals surface area contributed by atoms with Crippen molar-refractivity contribution in [1.29, 1.82) is 0 Å². The molecule has 0 saturated carbocycles. The van der Waals surface area contributed by atoms with Crippen LogP contribution in [-0.4, -0.2) is 0 Å². The molecule has 1 heterocycles. The molecule has 9 rings (SSSR count). The number of fused-ring (bicyclic) bond motifs is 6. The molecule has 0 radical (unpaired) electrons. The fourth-order valence-corrected chi connectivity index (χ4v) is 8.94. The molecule has 0 nitrogen and oxygen atoms in total. The minimum atomic E-state index is 0.0378. The second-order valence-corrected chi connectivity index (χ2v) is 14.7. The maximum absolute atomic E-state index is 7.97. The van der Waals surface area contributed by atoms with Crippen molar-refractivity contribution in [2.75, 3.05) is 0 Å². The molecule has 1 heteroatoms. The summed E-state index contributed by atoms with van der Waals surface area (Å²) in [5.74, 6) is 0. The van der Waals surface area contributed by atoms with E-state index in [2.05, 4.69) is 148 Å². The highest BCUT2D eigenvalue weighted by molar-refractivity contribution is 7.26. The highest BCUT2D eigenvalue weighted by Gasteiger charge is 2.24. The maximum Gasteiger partial charge on any atom is 0.0623 e. The van der Waals surface area contributed by atoms with Crippen molar-refractivity contribution >= 4 is 63.8 Å². The second-order valence-electron chi connectivity index (χ2n) is 13.6. The van der Waals surface area contributed by atoms with Gasteiger partial charge < -0.3 is 0 Å². The highest BCUT2D eigenvalue weighted by Crippen LogP contribution is 2.49. The molecule has 0 N–H and O–H groups in total. The van der Waals surface area contributed by atoms with E-state index in [1.807, 2.05) is 29.5 Å². The molecule has 0 saturated heterocycles. The van der Waals surface area contributed by atoms with Crippen LogP contribution in [0.1, 0.15) is 27.7 Å². The molecule has 0 amide bonds. The Kier molecular flexibility index (Phi) is 6.11. The fraction of sp³-hybridized carbons (Fsp3) is 0.0870. The van der Waals surface area contributed by atoms with Crippen LogP contribution in [0, 0.1) is 0 Å². The predicted octanol–water partition coefficient (Wildman–Crippen LogP) is 13.8. The van der Waals surface area contributed by atoms with Crippen LogP contribution in [0.5, 0.6) is 0 Å². The van der Waals surface area contributed by atoms with Crippen LogP contribution in [0.15, 0.2) is 152 Å². The smallest absolute Gasteiger partial charge is 0.0623 e. The summed E-state index contributed by atoms with van der Waals surface area (Å²) in [6.45, 7) is 6.97. The molecular formula is C46H34S. The second kappa shape index (κ2) is 10.7. The third kappa shape index (κ3) is 4.49. The standard InChI is InChI=1S/C46H34S/c1-46(2,3)40-27-26-39(44-38-18-10-11-19-41(38)47-45(40)44)43-36-16-8-6-14-34(36)42(35-15-7-9-17-37(35)43)31-23-20-30(21-24-31)33-25-22-29-12-4-5-13-32(29)28-33/h4-28H,1-3H3/i4D. The van der Waals surface area contributed by atoms with Crippen molar-refractivity contribution in [3.8, 4) is 33.4 Å². The van der Waals surface area contributed by atoms with E-state index in [1.165, 1.54) is 80.7 Å². The Morgan fingerprint density at radius 3 is 1.77 bits per heavy atom. The lowest BCUT2D eigenvalue weighted by Gasteiger charge is -2.22. The Bertz CT molecular complexity index is 2650. The van der Waals surface area contributed by atoms with Crippen molar-refractivity contribution in [3.63, 3.8) is 0 Å².